The number of Topliss-reactive ketones (excluding diaryl/α,β-unsaturated/α-hetero) is 1. The van der Waals surface area contributed by atoms with Crippen molar-refractivity contribution in [1.82, 2.24) is 0 Å². The molecule has 0 amide bonds. The number of rotatable bonds is 1. The number of hydrogen-bond acceptors (Lipinski definition) is 2. The van der Waals surface area contributed by atoms with Gasteiger partial charge in [-0.25, -0.2) is 4.79 Å². The topological polar surface area (TPSA) is 54.4 Å². The Morgan fingerprint density at radius 2 is 2.25 bits per heavy atom. The first-order valence-corrected chi connectivity index (χ1v) is 6.10. The van der Waals surface area contributed by atoms with Crippen molar-refractivity contribution in [2.24, 2.45) is 17.3 Å². The monoisotopic (exact) mass is 220 g/mol. The Morgan fingerprint density at radius 3 is 2.88 bits per heavy atom. The first-order chi connectivity index (χ1) is 7.63. The molecule has 0 radical (unpaired) electrons. The Balaban J connectivity index is 1.93. The van der Waals surface area contributed by atoms with E-state index < -0.39 is 5.97 Å². The van der Waals surface area contributed by atoms with Crippen LogP contribution in [0.25, 0.3) is 0 Å². The van der Waals surface area contributed by atoms with Crippen LogP contribution in [0.15, 0.2) is 11.6 Å². The van der Waals surface area contributed by atoms with E-state index >= 15 is 0 Å². The zero-order valence-corrected chi connectivity index (χ0v) is 9.24. The predicted molar refractivity (Wildman–Crippen MR) is 57.8 cm³/mol. The van der Waals surface area contributed by atoms with Gasteiger partial charge < -0.3 is 5.11 Å². The van der Waals surface area contributed by atoms with Crippen molar-refractivity contribution < 1.29 is 14.7 Å². The van der Waals surface area contributed by atoms with Gasteiger partial charge in [-0.05, 0) is 44.4 Å². The maximum absolute atomic E-state index is 12.3. The highest BCUT2D eigenvalue weighted by atomic mass is 16.4. The second kappa shape index (κ2) is 3.19. The summed E-state index contributed by atoms with van der Waals surface area (Å²) in [6.45, 7) is 0. The molecule has 16 heavy (non-hydrogen) atoms. The van der Waals surface area contributed by atoms with E-state index in [-0.39, 0.29) is 11.3 Å². The van der Waals surface area contributed by atoms with Gasteiger partial charge >= 0.3 is 5.97 Å². The van der Waals surface area contributed by atoms with E-state index in [9.17, 15) is 9.59 Å². The first kappa shape index (κ1) is 10.1. The largest absolute Gasteiger partial charge is 0.478 e. The molecule has 2 bridgehead atoms. The lowest BCUT2D eigenvalue weighted by Crippen LogP contribution is -2.39. The minimum Gasteiger partial charge on any atom is -0.478 e. The van der Waals surface area contributed by atoms with Gasteiger partial charge in [0.25, 0.3) is 0 Å². The highest BCUT2D eigenvalue weighted by Crippen LogP contribution is 2.59. The molecule has 0 aromatic rings. The van der Waals surface area contributed by atoms with Gasteiger partial charge in [0.05, 0.1) is 0 Å². The zero-order chi connectivity index (χ0) is 11.3. The van der Waals surface area contributed by atoms with Crippen LogP contribution in [0.2, 0.25) is 0 Å². The van der Waals surface area contributed by atoms with Gasteiger partial charge in [0.1, 0.15) is 5.78 Å². The van der Waals surface area contributed by atoms with Gasteiger partial charge in [-0.15, -0.1) is 0 Å². The number of allylic oxidation sites excluding steroid dienone is 1. The van der Waals surface area contributed by atoms with Crippen molar-refractivity contribution in [3.05, 3.63) is 11.6 Å². The van der Waals surface area contributed by atoms with Gasteiger partial charge in [0.15, 0.2) is 0 Å². The number of carbonyl (C=O) groups excluding carboxylic acids is 1. The fourth-order valence-corrected chi connectivity index (χ4v) is 4.06. The molecule has 3 rings (SSSR count). The maximum Gasteiger partial charge on any atom is 0.331 e. The molecular formula is C13H16O3. The third-order valence-corrected chi connectivity index (χ3v) is 4.84. The van der Waals surface area contributed by atoms with Gasteiger partial charge in [-0.3, -0.25) is 4.79 Å². The Hall–Kier alpha value is -1.12. The fourth-order valence-electron chi connectivity index (χ4n) is 4.06. The summed E-state index contributed by atoms with van der Waals surface area (Å²) < 4.78 is 0. The standard InChI is InChI=1S/C13H16O3/c14-11-8-3-4-10(6-8)13(11)5-1-2-9(7-13)12(15)16/h2,8,10H,1,3-7H2,(H,15,16)/t8-,10+,13-/m1/s1. The second-order valence-corrected chi connectivity index (χ2v) is 5.48. The maximum atomic E-state index is 12.3. The number of ketones is 1. The normalized spacial score (nSPS) is 41.5. The summed E-state index contributed by atoms with van der Waals surface area (Å²) in [5.41, 5.74) is 0.179. The lowest BCUT2D eigenvalue weighted by molar-refractivity contribution is -0.135. The summed E-state index contributed by atoms with van der Waals surface area (Å²) in [5, 5.41) is 9.06. The number of carboxylic acid groups (broad SMARTS) is 1. The Morgan fingerprint density at radius 1 is 1.44 bits per heavy atom. The molecule has 2 saturated carbocycles. The van der Waals surface area contributed by atoms with Crippen molar-refractivity contribution in [1.29, 1.82) is 0 Å². The summed E-state index contributed by atoms with van der Waals surface area (Å²) in [6.07, 6.45) is 7.11. The number of hydrogen-bond donors (Lipinski definition) is 1. The Kier molecular flexibility index (Phi) is 2.00. The molecule has 86 valence electrons. The molecule has 3 nitrogen and oxygen atoms in total. The average Bonchev–Trinajstić information content (AvgIpc) is 2.84. The Bertz CT molecular complexity index is 396. The lowest BCUT2D eigenvalue weighted by Gasteiger charge is -2.38. The molecule has 3 atom stereocenters. The molecule has 2 fully saturated rings. The summed E-state index contributed by atoms with van der Waals surface area (Å²) >= 11 is 0. The number of fused-ring (bicyclic) bond motifs is 3. The average molecular weight is 220 g/mol. The summed E-state index contributed by atoms with van der Waals surface area (Å²) in [6, 6.07) is 0. The van der Waals surface area contributed by atoms with Crippen LogP contribution >= 0.6 is 0 Å². The SMILES string of the molecule is O=C(O)C1=CCC[C@]2(C1)C(=O)[C@@H]1CC[C@H]2C1. The first-order valence-electron chi connectivity index (χ1n) is 6.10. The van der Waals surface area contributed by atoms with Crippen LogP contribution in [0.3, 0.4) is 0 Å². The van der Waals surface area contributed by atoms with Crippen LogP contribution in [-0.4, -0.2) is 16.9 Å². The highest BCUT2D eigenvalue weighted by Gasteiger charge is 2.58. The fraction of sp³-hybridized carbons (Fsp3) is 0.692. The van der Waals surface area contributed by atoms with E-state index in [1.54, 1.807) is 6.08 Å². The predicted octanol–water partition coefficient (Wildman–Crippen LogP) is 2.17. The summed E-state index contributed by atoms with van der Waals surface area (Å²) in [5.74, 6) is 0.247. The van der Waals surface area contributed by atoms with Gasteiger partial charge in [0.2, 0.25) is 0 Å². The molecule has 3 aliphatic rings. The van der Waals surface area contributed by atoms with E-state index in [0.29, 0.717) is 23.7 Å². The van der Waals surface area contributed by atoms with Crippen molar-refractivity contribution in [3.8, 4) is 0 Å². The molecule has 1 N–H and O–H groups in total. The number of aliphatic carboxylic acids is 1. The van der Waals surface area contributed by atoms with Crippen LogP contribution in [-0.2, 0) is 9.59 Å². The molecule has 0 saturated heterocycles. The molecule has 0 aromatic heterocycles. The quantitative estimate of drug-likeness (QED) is 0.736. The van der Waals surface area contributed by atoms with E-state index in [1.807, 2.05) is 0 Å². The minimum atomic E-state index is -0.838. The minimum absolute atomic E-state index is 0.248. The van der Waals surface area contributed by atoms with Crippen LogP contribution in [0, 0.1) is 17.3 Å². The van der Waals surface area contributed by atoms with Gasteiger partial charge in [0, 0.05) is 16.9 Å². The third kappa shape index (κ3) is 1.14. The molecule has 0 heterocycles. The summed E-state index contributed by atoms with van der Waals surface area (Å²) in [4.78, 5) is 23.3. The van der Waals surface area contributed by atoms with Crippen LogP contribution in [0.1, 0.15) is 38.5 Å². The smallest absolute Gasteiger partial charge is 0.331 e. The molecule has 0 aromatic carbocycles. The molecule has 0 unspecified atom stereocenters. The van der Waals surface area contributed by atoms with Gasteiger partial charge in [-0.2, -0.15) is 0 Å². The molecule has 0 aliphatic heterocycles. The molecule has 3 heteroatoms. The summed E-state index contributed by atoms with van der Waals surface area (Å²) in [7, 11) is 0. The van der Waals surface area contributed by atoms with E-state index in [2.05, 4.69) is 0 Å². The zero-order valence-electron chi connectivity index (χ0n) is 9.24. The number of carbonyl (C=O) groups is 2. The highest BCUT2D eigenvalue weighted by molar-refractivity contribution is 5.94. The Labute approximate surface area is 94.5 Å². The third-order valence-electron chi connectivity index (χ3n) is 4.84. The van der Waals surface area contributed by atoms with Crippen molar-refractivity contribution >= 4 is 11.8 Å². The molecular weight excluding hydrogens is 204 g/mol. The van der Waals surface area contributed by atoms with Crippen molar-refractivity contribution in [2.75, 3.05) is 0 Å². The van der Waals surface area contributed by atoms with Gasteiger partial charge in [-0.1, -0.05) is 6.08 Å². The lowest BCUT2D eigenvalue weighted by atomic mass is 9.64. The number of carboxylic acids is 1. The van der Waals surface area contributed by atoms with Crippen molar-refractivity contribution in [3.63, 3.8) is 0 Å². The second-order valence-electron chi connectivity index (χ2n) is 5.48. The van der Waals surface area contributed by atoms with Crippen LogP contribution < -0.4 is 0 Å². The van der Waals surface area contributed by atoms with Crippen LogP contribution in [0.5, 0.6) is 0 Å². The molecule has 1 spiro atoms. The van der Waals surface area contributed by atoms with E-state index in [1.165, 1.54) is 0 Å². The van der Waals surface area contributed by atoms with Crippen LogP contribution in [0.4, 0.5) is 0 Å². The molecule has 3 aliphatic carbocycles. The van der Waals surface area contributed by atoms with E-state index in [0.717, 1.165) is 32.1 Å². The van der Waals surface area contributed by atoms with E-state index in [4.69, 9.17) is 5.11 Å². The van der Waals surface area contributed by atoms with Crippen molar-refractivity contribution in [2.45, 2.75) is 38.5 Å².